The lowest BCUT2D eigenvalue weighted by Crippen LogP contribution is -2.42. The Morgan fingerprint density at radius 2 is 1.39 bits per heavy atom. The highest BCUT2D eigenvalue weighted by Gasteiger charge is 2.42. The molecule has 2 rings (SSSR count). The molecule has 0 amide bonds. The summed E-state index contributed by atoms with van der Waals surface area (Å²) in [6.07, 6.45) is 19.7. The quantitative estimate of drug-likeness (QED) is 0.297. The van der Waals surface area contributed by atoms with Crippen LogP contribution in [0.1, 0.15) is 122 Å². The molecule has 0 saturated heterocycles. The third kappa shape index (κ3) is 7.40. The zero-order valence-corrected chi connectivity index (χ0v) is 18.1. The van der Waals surface area contributed by atoms with Crippen molar-refractivity contribution in [1.82, 2.24) is 0 Å². The summed E-state index contributed by atoms with van der Waals surface area (Å²) in [4.78, 5) is 24.5. The van der Waals surface area contributed by atoms with E-state index in [2.05, 4.69) is 6.92 Å². The SMILES string of the molecule is CCCCCCCCCCC1(OC(=O)C2CCCCC2C(=O)O)CCCCC1. The van der Waals surface area contributed by atoms with Crippen molar-refractivity contribution in [3.8, 4) is 0 Å². The molecule has 2 aliphatic rings. The normalized spacial score (nSPS) is 24.6. The van der Waals surface area contributed by atoms with Gasteiger partial charge in [-0.3, -0.25) is 9.59 Å². The van der Waals surface area contributed by atoms with Gasteiger partial charge in [-0.1, -0.05) is 71.1 Å². The molecule has 0 aromatic carbocycles. The fourth-order valence-electron chi connectivity index (χ4n) is 5.18. The second-order valence-electron chi connectivity index (χ2n) is 9.23. The number of hydrogen-bond acceptors (Lipinski definition) is 3. The van der Waals surface area contributed by atoms with E-state index in [0.29, 0.717) is 12.8 Å². The van der Waals surface area contributed by atoms with Crippen molar-refractivity contribution >= 4 is 11.9 Å². The van der Waals surface area contributed by atoms with Crippen LogP contribution >= 0.6 is 0 Å². The van der Waals surface area contributed by atoms with Crippen molar-refractivity contribution < 1.29 is 19.4 Å². The molecule has 4 heteroatoms. The van der Waals surface area contributed by atoms with Crippen LogP contribution in [0.5, 0.6) is 0 Å². The fourth-order valence-corrected chi connectivity index (χ4v) is 5.18. The van der Waals surface area contributed by atoms with Crippen molar-refractivity contribution in [1.29, 1.82) is 0 Å². The molecule has 2 saturated carbocycles. The van der Waals surface area contributed by atoms with Gasteiger partial charge in [-0.05, 0) is 51.4 Å². The third-order valence-electron chi connectivity index (χ3n) is 6.95. The molecular formula is C24H42O4. The van der Waals surface area contributed by atoms with E-state index < -0.39 is 17.8 Å². The maximum atomic E-state index is 12.9. The van der Waals surface area contributed by atoms with Gasteiger partial charge in [-0.25, -0.2) is 0 Å². The molecule has 1 N–H and O–H groups in total. The highest BCUT2D eigenvalue weighted by molar-refractivity contribution is 5.81. The second-order valence-corrected chi connectivity index (χ2v) is 9.23. The molecule has 0 heterocycles. The number of carboxylic acid groups (broad SMARTS) is 1. The summed E-state index contributed by atoms with van der Waals surface area (Å²) in [5, 5.41) is 9.50. The first-order valence-corrected chi connectivity index (χ1v) is 12.0. The summed E-state index contributed by atoms with van der Waals surface area (Å²) in [6.45, 7) is 2.25. The van der Waals surface area contributed by atoms with Crippen molar-refractivity contribution in [3.05, 3.63) is 0 Å². The number of carbonyl (C=O) groups excluding carboxylic acids is 1. The maximum absolute atomic E-state index is 12.9. The van der Waals surface area contributed by atoms with Gasteiger partial charge < -0.3 is 9.84 Å². The van der Waals surface area contributed by atoms with Gasteiger partial charge in [0.2, 0.25) is 0 Å². The second kappa shape index (κ2) is 12.5. The zero-order valence-electron chi connectivity index (χ0n) is 18.1. The van der Waals surface area contributed by atoms with Crippen molar-refractivity contribution in [2.75, 3.05) is 0 Å². The smallest absolute Gasteiger partial charge is 0.310 e. The summed E-state index contributed by atoms with van der Waals surface area (Å²) in [5.74, 6) is -2.05. The number of rotatable bonds is 12. The number of carboxylic acids is 1. The Bertz CT molecular complexity index is 467. The summed E-state index contributed by atoms with van der Waals surface area (Å²) < 4.78 is 6.16. The number of esters is 1. The molecule has 162 valence electrons. The summed E-state index contributed by atoms with van der Waals surface area (Å²) >= 11 is 0. The number of carbonyl (C=O) groups is 2. The minimum atomic E-state index is -0.831. The van der Waals surface area contributed by atoms with Gasteiger partial charge >= 0.3 is 11.9 Å². The summed E-state index contributed by atoms with van der Waals surface area (Å²) in [5.41, 5.74) is -0.321. The average molecular weight is 395 g/mol. The lowest BCUT2D eigenvalue weighted by molar-refractivity contribution is -0.176. The summed E-state index contributed by atoms with van der Waals surface area (Å²) in [6, 6.07) is 0. The molecule has 2 aliphatic carbocycles. The minimum Gasteiger partial charge on any atom is -0.481 e. The molecular weight excluding hydrogens is 352 g/mol. The van der Waals surface area contributed by atoms with Gasteiger partial charge in [0.1, 0.15) is 5.60 Å². The minimum absolute atomic E-state index is 0.228. The van der Waals surface area contributed by atoms with Crippen LogP contribution in [0.15, 0.2) is 0 Å². The van der Waals surface area contributed by atoms with Crippen LogP contribution in [0, 0.1) is 11.8 Å². The van der Waals surface area contributed by atoms with Gasteiger partial charge in [-0.2, -0.15) is 0 Å². The predicted molar refractivity (Wildman–Crippen MR) is 112 cm³/mol. The Kier molecular flexibility index (Phi) is 10.4. The zero-order chi connectivity index (χ0) is 20.2. The number of ether oxygens (including phenoxy) is 1. The van der Waals surface area contributed by atoms with Crippen LogP contribution < -0.4 is 0 Å². The Labute approximate surface area is 171 Å². The first-order chi connectivity index (χ1) is 13.6. The van der Waals surface area contributed by atoms with Crippen LogP contribution in [-0.2, 0) is 14.3 Å². The van der Waals surface area contributed by atoms with Crippen LogP contribution in [0.2, 0.25) is 0 Å². The largest absolute Gasteiger partial charge is 0.481 e. The number of unbranched alkanes of at least 4 members (excludes halogenated alkanes) is 7. The first kappa shape index (κ1) is 23.2. The number of aliphatic carboxylic acids is 1. The predicted octanol–water partition coefficient (Wildman–Crippen LogP) is 6.65. The average Bonchev–Trinajstić information content (AvgIpc) is 2.70. The molecule has 0 radical (unpaired) electrons. The van der Waals surface area contributed by atoms with Crippen LogP contribution in [-0.4, -0.2) is 22.6 Å². The molecule has 0 spiro atoms. The number of hydrogen-bond donors (Lipinski definition) is 1. The van der Waals surface area contributed by atoms with E-state index in [1.54, 1.807) is 0 Å². The van der Waals surface area contributed by atoms with Crippen LogP contribution in [0.3, 0.4) is 0 Å². The van der Waals surface area contributed by atoms with Crippen molar-refractivity contribution in [3.63, 3.8) is 0 Å². The van der Waals surface area contributed by atoms with Crippen LogP contribution in [0.25, 0.3) is 0 Å². The molecule has 28 heavy (non-hydrogen) atoms. The lowest BCUT2D eigenvalue weighted by atomic mass is 9.78. The molecule has 2 unspecified atom stereocenters. The Morgan fingerprint density at radius 1 is 0.821 bits per heavy atom. The van der Waals surface area contributed by atoms with Gasteiger partial charge in [0.15, 0.2) is 0 Å². The molecule has 0 aliphatic heterocycles. The highest BCUT2D eigenvalue weighted by atomic mass is 16.6. The van der Waals surface area contributed by atoms with E-state index in [1.807, 2.05) is 0 Å². The van der Waals surface area contributed by atoms with E-state index in [9.17, 15) is 14.7 Å². The topological polar surface area (TPSA) is 63.6 Å². The van der Waals surface area contributed by atoms with Crippen molar-refractivity contribution in [2.24, 2.45) is 11.8 Å². The Morgan fingerprint density at radius 3 is 2.00 bits per heavy atom. The molecule has 0 aromatic heterocycles. The Balaban J connectivity index is 1.82. The summed E-state index contributed by atoms with van der Waals surface area (Å²) in [7, 11) is 0. The molecule has 2 fully saturated rings. The van der Waals surface area contributed by atoms with E-state index in [0.717, 1.165) is 51.4 Å². The molecule has 4 nitrogen and oxygen atoms in total. The molecule has 2 atom stereocenters. The van der Waals surface area contributed by atoms with Crippen LogP contribution in [0.4, 0.5) is 0 Å². The third-order valence-corrected chi connectivity index (χ3v) is 6.95. The monoisotopic (exact) mass is 394 g/mol. The van der Waals surface area contributed by atoms with Crippen molar-refractivity contribution in [2.45, 2.75) is 128 Å². The molecule has 0 aromatic rings. The van der Waals surface area contributed by atoms with E-state index in [4.69, 9.17) is 4.74 Å². The fraction of sp³-hybridized carbons (Fsp3) is 0.917. The Hall–Kier alpha value is -1.06. The first-order valence-electron chi connectivity index (χ1n) is 12.0. The van der Waals surface area contributed by atoms with E-state index >= 15 is 0 Å². The standard InChI is InChI=1S/C24H42O4/c1-2-3-4-5-6-7-8-12-17-24(18-13-9-14-19-24)28-23(27)21-16-11-10-15-20(21)22(25)26/h20-21H,2-19H2,1H3,(H,25,26). The molecule has 0 bridgehead atoms. The van der Waals surface area contributed by atoms with Gasteiger partial charge in [0, 0.05) is 0 Å². The van der Waals surface area contributed by atoms with E-state index in [1.165, 1.54) is 51.4 Å². The highest BCUT2D eigenvalue weighted by Crippen LogP contribution is 2.39. The van der Waals surface area contributed by atoms with Gasteiger partial charge in [0.05, 0.1) is 11.8 Å². The maximum Gasteiger partial charge on any atom is 0.310 e. The van der Waals surface area contributed by atoms with Gasteiger partial charge in [-0.15, -0.1) is 0 Å². The van der Waals surface area contributed by atoms with E-state index in [-0.39, 0.29) is 11.6 Å². The van der Waals surface area contributed by atoms with Gasteiger partial charge in [0.25, 0.3) is 0 Å². The lowest BCUT2D eigenvalue weighted by Gasteiger charge is -2.39.